The van der Waals surface area contributed by atoms with Gasteiger partial charge in [-0.3, -0.25) is 9.59 Å². The minimum Gasteiger partial charge on any atom is -0.406 e. The highest BCUT2D eigenvalue weighted by Gasteiger charge is 2.31. The lowest BCUT2D eigenvalue weighted by Crippen LogP contribution is -2.48. The van der Waals surface area contributed by atoms with Gasteiger partial charge in [-0.25, -0.2) is 0 Å². The van der Waals surface area contributed by atoms with Gasteiger partial charge in [-0.05, 0) is 55.7 Å². The number of nitrogens with one attached hydrogen (secondary N) is 3. The van der Waals surface area contributed by atoms with Crippen LogP contribution in [0.2, 0.25) is 0 Å². The van der Waals surface area contributed by atoms with Crippen LogP contribution in [-0.4, -0.2) is 37.3 Å². The summed E-state index contributed by atoms with van der Waals surface area (Å²) in [7, 11) is 0. The van der Waals surface area contributed by atoms with Crippen LogP contribution in [0.3, 0.4) is 0 Å². The first-order valence-electron chi connectivity index (χ1n) is 10.3. The maximum absolute atomic E-state index is 12.6. The number of carbonyl (C=O) groups is 2. The van der Waals surface area contributed by atoms with Crippen molar-refractivity contribution in [2.75, 3.05) is 18.4 Å². The Morgan fingerprint density at radius 3 is 2.31 bits per heavy atom. The molecule has 0 aliphatic heterocycles. The molecule has 6 nitrogen and oxygen atoms in total. The van der Waals surface area contributed by atoms with Crippen molar-refractivity contribution in [1.29, 1.82) is 0 Å². The molecule has 0 aliphatic carbocycles. The van der Waals surface area contributed by atoms with Crippen molar-refractivity contribution < 1.29 is 27.5 Å². The van der Waals surface area contributed by atoms with Crippen molar-refractivity contribution in [3.63, 3.8) is 0 Å². The zero-order chi connectivity index (χ0) is 23.7. The summed E-state index contributed by atoms with van der Waals surface area (Å²) in [5.74, 6) is -0.722. The summed E-state index contributed by atoms with van der Waals surface area (Å²) in [4.78, 5) is 25.2. The van der Waals surface area contributed by atoms with Crippen molar-refractivity contribution in [3.8, 4) is 5.75 Å². The Kier molecular flexibility index (Phi) is 8.92. The van der Waals surface area contributed by atoms with Crippen molar-refractivity contribution >= 4 is 17.5 Å². The molecule has 0 aromatic heterocycles. The first kappa shape index (κ1) is 25.0. The zero-order valence-corrected chi connectivity index (χ0v) is 18.3. The third-order valence-electron chi connectivity index (χ3n) is 4.45. The fourth-order valence-corrected chi connectivity index (χ4v) is 3.02. The molecule has 32 heavy (non-hydrogen) atoms. The number of ether oxygens (including phenoxy) is 1. The van der Waals surface area contributed by atoms with Gasteiger partial charge in [0.2, 0.25) is 5.91 Å². The second kappa shape index (κ2) is 11.4. The van der Waals surface area contributed by atoms with E-state index >= 15 is 0 Å². The summed E-state index contributed by atoms with van der Waals surface area (Å²) < 4.78 is 40.4. The largest absolute Gasteiger partial charge is 0.573 e. The second-order valence-electron chi connectivity index (χ2n) is 7.82. The Bertz CT molecular complexity index is 899. The molecule has 0 radical (unpaired) electrons. The Morgan fingerprint density at radius 2 is 1.72 bits per heavy atom. The summed E-state index contributed by atoms with van der Waals surface area (Å²) in [6, 6.07) is 11.8. The summed E-state index contributed by atoms with van der Waals surface area (Å²) in [5.41, 5.74) is 2.03. The van der Waals surface area contributed by atoms with Crippen LogP contribution in [0.4, 0.5) is 18.9 Å². The number of amides is 2. The molecule has 0 saturated heterocycles. The van der Waals surface area contributed by atoms with Crippen LogP contribution >= 0.6 is 0 Å². The zero-order valence-electron chi connectivity index (χ0n) is 18.3. The fourth-order valence-electron chi connectivity index (χ4n) is 3.02. The summed E-state index contributed by atoms with van der Waals surface area (Å²) in [5, 5.41) is 8.58. The van der Waals surface area contributed by atoms with Gasteiger partial charge in [0.1, 0.15) is 11.8 Å². The molecule has 1 atom stereocenters. The minimum absolute atomic E-state index is 0.194. The normalized spacial score (nSPS) is 12.2. The third-order valence-corrected chi connectivity index (χ3v) is 4.45. The third kappa shape index (κ3) is 8.87. The Balaban J connectivity index is 1.84. The van der Waals surface area contributed by atoms with Crippen LogP contribution in [0, 0.1) is 12.8 Å². The molecule has 2 aromatic rings. The van der Waals surface area contributed by atoms with Crippen LogP contribution < -0.4 is 20.7 Å². The molecule has 0 spiro atoms. The maximum Gasteiger partial charge on any atom is 0.573 e. The van der Waals surface area contributed by atoms with Crippen molar-refractivity contribution in [3.05, 3.63) is 59.7 Å². The van der Waals surface area contributed by atoms with Crippen LogP contribution in [-0.2, 0) is 4.79 Å². The van der Waals surface area contributed by atoms with Crippen LogP contribution in [0.5, 0.6) is 5.75 Å². The van der Waals surface area contributed by atoms with E-state index in [1.165, 1.54) is 24.3 Å². The van der Waals surface area contributed by atoms with E-state index in [1.54, 1.807) is 18.2 Å². The highest BCUT2D eigenvalue weighted by molar-refractivity contribution is 5.97. The van der Waals surface area contributed by atoms with Gasteiger partial charge in [0.25, 0.3) is 5.91 Å². The highest BCUT2D eigenvalue weighted by Crippen LogP contribution is 2.23. The van der Waals surface area contributed by atoms with E-state index < -0.39 is 12.4 Å². The lowest BCUT2D eigenvalue weighted by Gasteiger charge is -2.20. The molecule has 0 unspecified atom stereocenters. The predicted molar refractivity (Wildman–Crippen MR) is 117 cm³/mol. The summed E-state index contributed by atoms with van der Waals surface area (Å²) in [6.07, 6.45) is -4.25. The number of hydrogen-bond donors (Lipinski definition) is 3. The quantitative estimate of drug-likeness (QED) is 0.472. The van der Waals surface area contributed by atoms with E-state index in [1.807, 2.05) is 26.8 Å². The molecule has 2 aromatic carbocycles. The Hall–Kier alpha value is -3.23. The number of rotatable bonds is 10. The second-order valence-corrected chi connectivity index (χ2v) is 7.82. The molecule has 0 heterocycles. The standard InChI is InChI=1S/C23H28F3N3O3/c1-15(2)13-20(29-21(30)17-6-4-5-16(3)14-17)22(31)28-12-11-27-18-7-9-19(10-8-18)32-23(24,25)26/h4-10,14-15,20,27H,11-13H2,1-3H3,(H,28,31)(H,29,30)/t20-/m0/s1. The van der Waals surface area contributed by atoms with E-state index in [9.17, 15) is 22.8 Å². The molecule has 174 valence electrons. The van der Waals surface area contributed by atoms with E-state index in [4.69, 9.17) is 0 Å². The van der Waals surface area contributed by atoms with Crippen LogP contribution in [0.1, 0.15) is 36.2 Å². The molecule has 0 bridgehead atoms. The lowest BCUT2D eigenvalue weighted by molar-refractivity contribution is -0.274. The lowest BCUT2D eigenvalue weighted by atomic mass is 10.0. The van der Waals surface area contributed by atoms with Gasteiger partial charge in [-0.15, -0.1) is 13.2 Å². The number of alkyl halides is 3. The Labute approximate surface area is 185 Å². The highest BCUT2D eigenvalue weighted by atomic mass is 19.4. The summed E-state index contributed by atoms with van der Waals surface area (Å²) >= 11 is 0. The molecular weight excluding hydrogens is 423 g/mol. The molecule has 3 N–H and O–H groups in total. The van der Waals surface area contributed by atoms with E-state index in [2.05, 4.69) is 20.7 Å². The molecule has 0 fully saturated rings. The van der Waals surface area contributed by atoms with E-state index in [0.717, 1.165) is 5.56 Å². The van der Waals surface area contributed by atoms with Crippen molar-refractivity contribution in [1.82, 2.24) is 10.6 Å². The molecule has 0 saturated carbocycles. The van der Waals surface area contributed by atoms with Gasteiger partial charge in [0.05, 0.1) is 0 Å². The molecule has 0 aliphatic rings. The van der Waals surface area contributed by atoms with Gasteiger partial charge in [0.15, 0.2) is 0 Å². The average Bonchev–Trinajstić information content (AvgIpc) is 2.70. The first-order valence-corrected chi connectivity index (χ1v) is 10.3. The first-order chi connectivity index (χ1) is 15.0. The topological polar surface area (TPSA) is 79.5 Å². The van der Waals surface area contributed by atoms with Crippen LogP contribution in [0.25, 0.3) is 0 Å². The van der Waals surface area contributed by atoms with Gasteiger partial charge < -0.3 is 20.7 Å². The van der Waals surface area contributed by atoms with Gasteiger partial charge in [-0.1, -0.05) is 31.5 Å². The molecule has 9 heteroatoms. The van der Waals surface area contributed by atoms with E-state index in [0.29, 0.717) is 24.2 Å². The number of hydrogen-bond acceptors (Lipinski definition) is 4. The smallest absolute Gasteiger partial charge is 0.406 e. The number of aryl methyl sites for hydroxylation is 1. The van der Waals surface area contributed by atoms with Gasteiger partial charge >= 0.3 is 6.36 Å². The SMILES string of the molecule is Cc1cccc(C(=O)N[C@@H](CC(C)C)C(=O)NCCNc2ccc(OC(F)(F)F)cc2)c1. The number of anilines is 1. The maximum atomic E-state index is 12.6. The number of carbonyl (C=O) groups excluding carboxylic acids is 2. The van der Waals surface area contributed by atoms with Crippen molar-refractivity contribution in [2.45, 2.75) is 39.6 Å². The van der Waals surface area contributed by atoms with E-state index in [-0.39, 0.29) is 30.0 Å². The molecular formula is C23H28F3N3O3. The molecule has 2 amide bonds. The van der Waals surface area contributed by atoms with Gasteiger partial charge in [0, 0.05) is 24.3 Å². The van der Waals surface area contributed by atoms with Gasteiger partial charge in [-0.2, -0.15) is 0 Å². The monoisotopic (exact) mass is 451 g/mol. The summed E-state index contributed by atoms with van der Waals surface area (Å²) in [6.45, 7) is 6.44. The van der Waals surface area contributed by atoms with Crippen molar-refractivity contribution in [2.24, 2.45) is 5.92 Å². The van der Waals surface area contributed by atoms with Crippen LogP contribution in [0.15, 0.2) is 48.5 Å². The number of halogens is 3. The number of benzene rings is 2. The average molecular weight is 451 g/mol. The molecule has 2 rings (SSSR count). The predicted octanol–water partition coefficient (Wildman–Crippen LogP) is 4.27. The Morgan fingerprint density at radius 1 is 1.03 bits per heavy atom. The minimum atomic E-state index is -4.74. The fraction of sp³-hybridized carbons (Fsp3) is 0.391.